The monoisotopic (exact) mass is 453 g/mol. The van der Waals surface area contributed by atoms with Gasteiger partial charge in [-0.25, -0.2) is 4.98 Å². The van der Waals surface area contributed by atoms with Crippen molar-refractivity contribution in [3.63, 3.8) is 0 Å². The summed E-state index contributed by atoms with van der Waals surface area (Å²) < 4.78 is 1.77. The fraction of sp³-hybridized carbons (Fsp3) is 0.348. The van der Waals surface area contributed by atoms with Gasteiger partial charge < -0.3 is 25.2 Å². The van der Waals surface area contributed by atoms with Crippen molar-refractivity contribution < 1.29 is 14.7 Å². The van der Waals surface area contributed by atoms with Crippen LogP contribution in [0.3, 0.4) is 0 Å². The number of hydrogen-bond acceptors (Lipinski definition) is 6. The Hall–Kier alpha value is -3.17. The highest BCUT2D eigenvalue weighted by molar-refractivity contribution is 7.14. The van der Waals surface area contributed by atoms with Gasteiger partial charge in [-0.15, -0.1) is 11.3 Å². The molecule has 0 bridgehead atoms. The molecule has 0 saturated carbocycles. The summed E-state index contributed by atoms with van der Waals surface area (Å²) in [6, 6.07) is 9.84. The molecule has 3 aromatic rings. The molecule has 4 rings (SSSR count). The summed E-state index contributed by atoms with van der Waals surface area (Å²) in [7, 11) is 1.83. The molecule has 1 aliphatic rings. The highest BCUT2D eigenvalue weighted by Gasteiger charge is 2.24. The number of anilines is 2. The highest BCUT2D eigenvalue weighted by atomic mass is 32.1. The molecule has 3 N–H and O–H groups in total. The number of benzene rings is 1. The van der Waals surface area contributed by atoms with Crippen LogP contribution in [-0.4, -0.2) is 52.2 Å². The zero-order chi connectivity index (χ0) is 22.7. The Labute approximate surface area is 190 Å². The van der Waals surface area contributed by atoms with E-state index in [0.717, 1.165) is 36.5 Å². The first kappa shape index (κ1) is 22.0. The number of aliphatic hydroxyl groups excluding tert-OH is 1. The standard InChI is InChI=1S/C23H27N5O3S/c1-15-12-28(9-7-20(15)29)18-5-3-4-16(10-18)19-14-32-23(25-19)26-21(30)11-24-22(31)17-6-8-27(2)13-17/h3-6,8,10,13-15,20,29H,7,9,11-12H2,1-2H3,(H,24,31)(H,25,26,30). The van der Waals surface area contributed by atoms with E-state index in [-0.39, 0.29) is 30.4 Å². The van der Waals surface area contributed by atoms with Gasteiger partial charge in [-0.3, -0.25) is 9.59 Å². The number of rotatable bonds is 6. The smallest absolute Gasteiger partial charge is 0.253 e. The van der Waals surface area contributed by atoms with E-state index in [1.54, 1.807) is 23.0 Å². The molecule has 0 spiro atoms. The van der Waals surface area contributed by atoms with Gasteiger partial charge in [-0.1, -0.05) is 19.1 Å². The second-order valence-corrected chi connectivity index (χ2v) is 9.02. The molecule has 2 amide bonds. The first-order valence-electron chi connectivity index (χ1n) is 10.6. The molecule has 8 nitrogen and oxygen atoms in total. The van der Waals surface area contributed by atoms with Crippen molar-refractivity contribution in [3.8, 4) is 11.3 Å². The van der Waals surface area contributed by atoms with Gasteiger partial charge in [-0.2, -0.15) is 0 Å². The lowest BCUT2D eigenvalue weighted by Gasteiger charge is -2.36. The number of aryl methyl sites for hydroxylation is 1. The maximum absolute atomic E-state index is 12.2. The van der Waals surface area contributed by atoms with Crippen LogP contribution < -0.4 is 15.5 Å². The van der Waals surface area contributed by atoms with Crippen molar-refractivity contribution in [2.24, 2.45) is 13.0 Å². The molecule has 168 valence electrons. The Balaban J connectivity index is 1.35. The van der Waals surface area contributed by atoms with E-state index in [0.29, 0.717) is 10.7 Å². The highest BCUT2D eigenvalue weighted by Crippen LogP contribution is 2.30. The van der Waals surface area contributed by atoms with E-state index in [1.807, 2.05) is 24.6 Å². The quantitative estimate of drug-likeness (QED) is 0.533. The number of hydrogen-bond donors (Lipinski definition) is 3. The first-order valence-corrected chi connectivity index (χ1v) is 11.5. The molecule has 1 fully saturated rings. The molecular weight excluding hydrogens is 426 g/mol. The van der Waals surface area contributed by atoms with Crippen molar-refractivity contribution in [1.82, 2.24) is 14.9 Å². The normalized spacial score (nSPS) is 18.4. The number of carbonyl (C=O) groups is 2. The number of thiazole rings is 1. The van der Waals surface area contributed by atoms with Crippen molar-refractivity contribution in [1.29, 1.82) is 0 Å². The summed E-state index contributed by atoms with van der Waals surface area (Å²) in [6.07, 6.45) is 3.99. The number of amides is 2. The Morgan fingerprint density at radius 1 is 1.31 bits per heavy atom. The van der Waals surface area contributed by atoms with Crippen molar-refractivity contribution in [2.45, 2.75) is 19.4 Å². The lowest BCUT2D eigenvalue weighted by atomic mass is 9.96. The third-order valence-electron chi connectivity index (χ3n) is 5.62. The third kappa shape index (κ3) is 5.17. The van der Waals surface area contributed by atoms with Gasteiger partial charge in [0.05, 0.1) is 23.9 Å². The minimum Gasteiger partial charge on any atom is -0.393 e. The minimum atomic E-state index is -0.329. The van der Waals surface area contributed by atoms with Crippen LogP contribution in [-0.2, 0) is 11.8 Å². The number of aliphatic hydroxyl groups is 1. The van der Waals surface area contributed by atoms with Crippen LogP contribution in [0.15, 0.2) is 48.1 Å². The van der Waals surface area contributed by atoms with Crippen LogP contribution in [0.5, 0.6) is 0 Å². The van der Waals surface area contributed by atoms with Crippen LogP contribution in [0.2, 0.25) is 0 Å². The van der Waals surface area contributed by atoms with Crippen LogP contribution >= 0.6 is 11.3 Å². The SMILES string of the molecule is CC1CN(c2cccc(-c3csc(NC(=O)CNC(=O)c4ccn(C)c4)n3)c2)CCC1O. The number of piperidine rings is 1. The summed E-state index contributed by atoms with van der Waals surface area (Å²) in [5, 5.41) is 17.7. The molecular formula is C23H27N5O3S. The van der Waals surface area contributed by atoms with Crippen LogP contribution in [0, 0.1) is 5.92 Å². The first-order chi connectivity index (χ1) is 15.4. The third-order valence-corrected chi connectivity index (χ3v) is 6.38. The van der Waals surface area contributed by atoms with E-state index >= 15 is 0 Å². The Morgan fingerprint density at radius 3 is 2.91 bits per heavy atom. The van der Waals surface area contributed by atoms with Crippen LogP contribution in [0.4, 0.5) is 10.8 Å². The van der Waals surface area contributed by atoms with E-state index < -0.39 is 0 Å². The summed E-state index contributed by atoms with van der Waals surface area (Å²) in [5.41, 5.74) is 3.36. The van der Waals surface area contributed by atoms with Crippen molar-refractivity contribution in [3.05, 3.63) is 53.7 Å². The zero-order valence-electron chi connectivity index (χ0n) is 18.1. The van der Waals surface area contributed by atoms with E-state index in [4.69, 9.17) is 0 Å². The minimum absolute atomic E-state index is 0.128. The maximum Gasteiger partial charge on any atom is 0.253 e. The molecule has 32 heavy (non-hydrogen) atoms. The second kappa shape index (κ2) is 9.54. The molecule has 9 heteroatoms. The molecule has 2 unspecified atom stereocenters. The van der Waals surface area contributed by atoms with E-state index in [9.17, 15) is 14.7 Å². The summed E-state index contributed by atoms with van der Waals surface area (Å²) >= 11 is 1.34. The summed E-state index contributed by atoms with van der Waals surface area (Å²) in [5.74, 6) is -0.391. The van der Waals surface area contributed by atoms with Crippen LogP contribution in [0.1, 0.15) is 23.7 Å². The number of aromatic nitrogens is 2. The average Bonchev–Trinajstić information content (AvgIpc) is 3.43. The van der Waals surface area contributed by atoms with Crippen LogP contribution in [0.25, 0.3) is 11.3 Å². The molecule has 2 atom stereocenters. The molecule has 3 heterocycles. The lowest BCUT2D eigenvalue weighted by molar-refractivity contribution is -0.115. The summed E-state index contributed by atoms with van der Waals surface area (Å²) in [4.78, 5) is 31.1. The molecule has 2 aromatic heterocycles. The van der Waals surface area contributed by atoms with Crippen molar-refractivity contribution in [2.75, 3.05) is 29.9 Å². The Bertz CT molecular complexity index is 1110. The van der Waals surface area contributed by atoms with Gasteiger partial charge in [0, 0.05) is 49.2 Å². The Kier molecular flexibility index (Phi) is 6.57. The predicted molar refractivity (Wildman–Crippen MR) is 126 cm³/mol. The predicted octanol–water partition coefficient (Wildman–Crippen LogP) is 2.72. The molecule has 0 aliphatic carbocycles. The van der Waals surface area contributed by atoms with Gasteiger partial charge in [0.25, 0.3) is 5.91 Å². The van der Waals surface area contributed by atoms with E-state index in [2.05, 4.69) is 39.6 Å². The van der Waals surface area contributed by atoms with Crippen molar-refractivity contribution >= 4 is 34.0 Å². The average molecular weight is 454 g/mol. The number of carbonyl (C=O) groups excluding carboxylic acids is 2. The fourth-order valence-electron chi connectivity index (χ4n) is 3.76. The second-order valence-electron chi connectivity index (χ2n) is 8.16. The van der Waals surface area contributed by atoms with Gasteiger partial charge in [-0.05, 0) is 30.5 Å². The molecule has 1 aliphatic heterocycles. The molecule has 1 aromatic carbocycles. The number of nitrogens with zero attached hydrogens (tertiary/aromatic N) is 3. The fourth-order valence-corrected chi connectivity index (χ4v) is 4.49. The molecule has 0 radical (unpaired) electrons. The largest absolute Gasteiger partial charge is 0.393 e. The maximum atomic E-state index is 12.2. The van der Waals surface area contributed by atoms with Gasteiger partial charge >= 0.3 is 0 Å². The van der Waals surface area contributed by atoms with E-state index in [1.165, 1.54) is 11.3 Å². The lowest BCUT2D eigenvalue weighted by Crippen LogP contribution is -2.41. The summed E-state index contributed by atoms with van der Waals surface area (Å²) in [6.45, 7) is 3.58. The van der Waals surface area contributed by atoms with Gasteiger partial charge in [0.15, 0.2) is 5.13 Å². The number of nitrogens with one attached hydrogen (secondary N) is 2. The van der Waals surface area contributed by atoms with Gasteiger partial charge in [0.2, 0.25) is 5.91 Å². The Morgan fingerprint density at radius 2 is 2.16 bits per heavy atom. The molecule has 1 saturated heterocycles. The zero-order valence-corrected chi connectivity index (χ0v) is 18.9. The topological polar surface area (TPSA) is 99.5 Å². The van der Waals surface area contributed by atoms with Gasteiger partial charge in [0.1, 0.15) is 0 Å².